The summed E-state index contributed by atoms with van der Waals surface area (Å²) in [5, 5.41) is 10.4. The van der Waals surface area contributed by atoms with Crippen LogP contribution in [0.4, 0.5) is 0 Å². The standard InChI is InChI=1S/C16H21N3O2S/c1-11-17-18-15(22-11)10-19-8-7-12(9-19)13-5-4-6-14(20-2)16(13)21-3/h4-6,12H,7-10H2,1-3H3/t12-/m1/s1. The first-order valence-corrected chi connectivity index (χ1v) is 8.25. The van der Waals surface area contributed by atoms with E-state index in [9.17, 15) is 0 Å². The fraction of sp³-hybridized carbons (Fsp3) is 0.500. The van der Waals surface area contributed by atoms with E-state index in [4.69, 9.17) is 9.47 Å². The summed E-state index contributed by atoms with van der Waals surface area (Å²) in [6.45, 7) is 4.97. The van der Waals surface area contributed by atoms with Crippen LogP contribution in [0.5, 0.6) is 11.5 Å². The zero-order chi connectivity index (χ0) is 15.5. The molecule has 5 nitrogen and oxygen atoms in total. The summed E-state index contributed by atoms with van der Waals surface area (Å²) in [4.78, 5) is 2.43. The normalized spacial score (nSPS) is 18.6. The number of methoxy groups -OCH3 is 2. The van der Waals surface area contributed by atoms with Crippen molar-refractivity contribution < 1.29 is 9.47 Å². The van der Waals surface area contributed by atoms with Gasteiger partial charge < -0.3 is 9.47 Å². The molecule has 0 amide bonds. The lowest BCUT2D eigenvalue weighted by atomic mass is 9.97. The number of benzene rings is 1. The molecule has 2 heterocycles. The maximum absolute atomic E-state index is 5.57. The number of hydrogen-bond donors (Lipinski definition) is 0. The molecule has 1 saturated heterocycles. The van der Waals surface area contributed by atoms with E-state index in [1.807, 2.05) is 19.1 Å². The summed E-state index contributed by atoms with van der Waals surface area (Å²) >= 11 is 1.68. The summed E-state index contributed by atoms with van der Waals surface area (Å²) in [7, 11) is 3.39. The number of rotatable bonds is 5. The minimum Gasteiger partial charge on any atom is -0.493 e. The number of aryl methyl sites for hydroxylation is 1. The van der Waals surface area contributed by atoms with Gasteiger partial charge in [0.2, 0.25) is 0 Å². The van der Waals surface area contributed by atoms with Gasteiger partial charge in [-0.3, -0.25) is 4.90 Å². The topological polar surface area (TPSA) is 47.5 Å². The number of likely N-dealkylation sites (tertiary alicyclic amines) is 1. The van der Waals surface area contributed by atoms with Gasteiger partial charge >= 0.3 is 0 Å². The van der Waals surface area contributed by atoms with Gasteiger partial charge in [-0.2, -0.15) is 0 Å². The zero-order valence-corrected chi connectivity index (χ0v) is 14.0. The first kappa shape index (κ1) is 15.2. The molecule has 3 rings (SSSR count). The van der Waals surface area contributed by atoms with Crippen molar-refractivity contribution in [2.75, 3.05) is 27.3 Å². The molecule has 22 heavy (non-hydrogen) atoms. The third-order valence-corrected chi connectivity index (χ3v) is 4.90. The van der Waals surface area contributed by atoms with Gasteiger partial charge in [0, 0.05) is 18.0 Å². The highest BCUT2D eigenvalue weighted by Gasteiger charge is 2.27. The van der Waals surface area contributed by atoms with E-state index < -0.39 is 0 Å². The second kappa shape index (κ2) is 6.62. The Labute approximate surface area is 134 Å². The molecule has 1 aromatic heterocycles. The number of aromatic nitrogens is 2. The molecule has 0 aliphatic carbocycles. The smallest absolute Gasteiger partial charge is 0.164 e. The van der Waals surface area contributed by atoms with Crippen molar-refractivity contribution in [3.8, 4) is 11.5 Å². The first-order valence-electron chi connectivity index (χ1n) is 7.43. The molecule has 1 atom stereocenters. The van der Waals surface area contributed by atoms with Crippen molar-refractivity contribution in [2.24, 2.45) is 0 Å². The molecule has 0 spiro atoms. The van der Waals surface area contributed by atoms with Crippen molar-refractivity contribution in [1.82, 2.24) is 15.1 Å². The molecule has 0 radical (unpaired) electrons. The van der Waals surface area contributed by atoms with E-state index >= 15 is 0 Å². The van der Waals surface area contributed by atoms with Gasteiger partial charge in [0.05, 0.1) is 20.8 Å². The molecular formula is C16H21N3O2S. The summed E-state index contributed by atoms with van der Waals surface area (Å²) in [6, 6.07) is 6.12. The van der Waals surface area contributed by atoms with E-state index in [1.165, 1.54) is 5.56 Å². The van der Waals surface area contributed by atoms with Gasteiger partial charge in [-0.25, -0.2) is 0 Å². The van der Waals surface area contributed by atoms with Crippen LogP contribution in [0.25, 0.3) is 0 Å². The van der Waals surface area contributed by atoms with E-state index in [-0.39, 0.29) is 0 Å². The quantitative estimate of drug-likeness (QED) is 0.848. The second-order valence-electron chi connectivity index (χ2n) is 5.52. The van der Waals surface area contributed by atoms with Crippen molar-refractivity contribution in [3.05, 3.63) is 33.8 Å². The van der Waals surface area contributed by atoms with Crippen LogP contribution in [0.1, 0.15) is 27.9 Å². The first-order chi connectivity index (χ1) is 10.7. The fourth-order valence-electron chi connectivity index (χ4n) is 3.06. The molecule has 0 N–H and O–H groups in total. The predicted octanol–water partition coefficient (Wildman–Crippen LogP) is 2.85. The van der Waals surface area contributed by atoms with Crippen LogP contribution >= 0.6 is 11.3 Å². The molecule has 1 aliphatic rings. The number of hydrogen-bond acceptors (Lipinski definition) is 6. The Morgan fingerprint density at radius 1 is 1.27 bits per heavy atom. The molecule has 2 aromatic rings. The van der Waals surface area contributed by atoms with Crippen LogP contribution in [-0.2, 0) is 6.54 Å². The highest BCUT2D eigenvalue weighted by Crippen LogP contribution is 2.39. The Kier molecular flexibility index (Phi) is 4.59. The van der Waals surface area contributed by atoms with Gasteiger partial charge in [0.15, 0.2) is 11.5 Å². The third-order valence-electron chi connectivity index (χ3n) is 4.07. The summed E-state index contributed by atoms with van der Waals surface area (Å²) in [6.07, 6.45) is 1.13. The van der Waals surface area contributed by atoms with Crippen LogP contribution in [0, 0.1) is 6.92 Å². The lowest BCUT2D eigenvalue weighted by Gasteiger charge is -2.18. The average Bonchev–Trinajstić information content (AvgIpc) is 3.16. The lowest BCUT2D eigenvalue weighted by Crippen LogP contribution is -2.19. The van der Waals surface area contributed by atoms with Crippen molar-refractivity contribution >= 4 is 11.3 Å². The summed E-state index contributed by atoms with van der Waals surface area (Å²) in [5.41, 5.74) is 1.23. The van der Waals surface area contributed by atoms with Crippen LogP contribution in [0.15, 0.2) is 18.2 Å². The molecule has 1 aliphatic heterocycles. The van der Waals surface area contributed by atoms with Gasteiger partial charge in [0.25, 0.3) is 0 Å². The molecule has 118 valence electrons. The molecule has 0 unspecified atom stereocenters. The number of nitrogens with zero attached hydrogens (tertiary/aromatic N) is 3. The molecule has 0 saturated carbocycles. The van der Waals surface area contributed by atoms with Gasteiger partial charge in [0.1, 0.15) is 10.0 Å². The average molecular weight is 319 g/mol. The third kappa shape index (κ3) is 3.08. The van der Waals surface area contributed by atoms with Crippen molar-refractivity contribution in [3.63, 3.8) is 0 Å². The Morgan fingerprint density at radius 3 is 2.82 bits per heavy atom. The number of para-hydroxylation sites is 1. The second-order valence-corrected chi connectivity index (χ2v) is 6.78. The minimum atomic E-state index is 0.471. The lowest BCUT2D eigenvalue weighted by molar-refractivity contribution is 0.322. The van der Waals surface area contributed by atoms with E-state index in [1.54, 1.807) is 25.6 Å². The summed E-state index contributed by atoms with van der Waals surface area (Å²) < 4.78 is 11.0. The summed E-state index contributed by atoms with van der Waals surface area (Å²) in [5.74, 6) is 2.14. The Hall–Kier alpha value is -1.66. The molecule has 6 heteroatoms. The van der Waals surface area contributed by atoms with E-state index in [2.05, 4.69) is 21.2 Å². The van der Waals surface area contributed by atoms with E-state index in [0.717, 1.165) is 47.6 Å². The monoisotopic (exact) mass is 319 g/mol. The highest BCUT2D eigenvalue weighted by molar-refractivity contribution is 7.11. The SMILES string of the molecule is COc1cccc([C@@H]2CCN(Cc3nnc(C)s3)C2)c1OC. The van der Waals surface area contributed by atoms with Crippen LogP contribution in [0.3, 0.4) is 0 Å². The Bertz CT molecular complexity index is 644. The Balaban J connectivity index is 1.72. The van der Waals surface area contributed by atoms with Gasteiger partial charge in [-0.15, -0.1) is 21.5 Å². The van der Waals surface area contributed by atoms with Gasteiger partial charge in [-0.05, 0) is 26.0 Å². The molecule has 1 aromatic carbocycles. The van der Waals surface area contributed by atoms with Crippen LogP contribution in [0.2, 0.25) is 0 Å². The number of ether oxygens (including phenoxy) is 2. The predicted molar refractivity (Wildman–Crippen MR) is 86.8 cm³/mol. The molecule has 0 bridgehead atoms. The fourth-order valence-corrected chi connectivity index (χ4v) is 3.81. The van der Waals surface area contributed by atoms with Crippen LogP contribution < -0.4 is 9.47 Å². The maximum Gasteiger partial charge on any atom is 0.164 e. The minimum absolute atomic E-state index is 0.471. The van der Waals surface area contributed by atoms with Crippen LogP contribution in [-0.4, -0.2) is 42.4 Å². The zero-order valence-electron chi connectivity index (χ0n) is 13.2. The Morgan fingerprint density at radius 2 is 2.14 bits per heavy atom. The largest absolute Gasteiger partial charge is 0.493 e. The molecular weight excluding hydrogens is 298 g/mol. The maximum atomic E-state index is 5.57. The molecule has 1 fully saturated rings. The highest BCUT2D eigenvalue weighted by atomic mass is 32.1. The van der Waals surface area contributed by atoms with Gasteiger partial charge in [-0.1, -0.05) is 12.1 Å². The van der Waals surface area contributed by atoms with Crippen molar-refractivity contribution in [2.45, 2.75) is 25.8 Å². The van der Waals surface area contributed by atoms with E-state index in [0.29, 0.717) is 5.92 Å². The van der Waals surface area contributed by atoms with Crippen molar-refractivity contribution in [1.29, 1.82) is 0 Å².